The van der Waals surface area contributed by atoms with Gasteiger partial charge in [0.15, 0.2) is 0 Å². The Balaban J connectivity index is 1.14. The van der Waals surface area contributed by atoms with E-state index in [0.29, 0.717) is 29.8 Å². The lowest BCUT2D eigenvalue weighted by Gasteiger charge is -2.62. The van der Waals surface area contributed by atoms with E-state index in [1.54, 1.807) is 0 Å². The van der Waals surface area contributed by atoms with Gasteiger partial charge in [0.2, 0.25) is 0 Å². The summed E-state index contributed by atoms with van der Waals surface area (Å²) in [6.45, 7) is 13.8. The lowest BCUT2D eigenvalue weighted by atomic mass is 9.43. The van der Waals surface area contributed by atoms with Crippen molar-refractivity contribution >= 4 is 6.09 Å². The number of carbonyl (C=O) groups is 1. The molecule has 6 unspecified atom stereocenters. The molecule has 4 bridgehead atoms. The number of nitrogens with zero attached hydrogens (tertiary/aromatic N) is 2. The van der Waals surface area contributed by atoms with Gasteiger partial charge in [0, 0.05) is 29.5 Å². The molecule has 6 atom stereocenters. The summed E-state index contributed by atoms with van der Waals surface area (Å²) in [4.78, 5) is 14.8. The van der Waals surface area contributed by atoms with E-state index >= 15 is 0 Å². The number of carbonyl (C=O) groups excluding carboxylic acids is 1. The van der Waals surface area contributed by atoms with Gasteiger partial charge in [-0.2, -0.15) is 0 Å². The monoisotopic (exact) mass is 484 g/mol. The fourth-order valence-electron chi connectivity index (χ4n) is 8.03. The van der Waals surface area contributed by atoms with Crippen LogP contribution in [0.5, 0.6) is 0 Å². The summed E-state index contributed by atoms with van der Waals surface area (Å²) in [5.41, 5.74) is 2.46. The molecule has 1 aromatic rings. The van der Waals surface area contributed by atoms with E-state index in [-0.39, 0.29) is 24.3 Å². The molecule has 7 rings (SSSR count). The number of fused-ring (bicyclic) bond motifs is 4. The Morgan fingerprint density at radius 2 is 1.77 bits per heavy atom. The number of amides is 1. The van der Waals surface area contributed by atoms with Crippen LogP contribution in [0, 0.1) is 23.2 Å². The highest BCUT2D eigenvalue weighted by atomic mass is 16.6. The van der Waals surface area contributed by atoms with Crippen LogP contribution in [0.3, 0.4) is 0 Å². The minimum atomic E-state index is -0.459. The molecule has 194 valence electrons. The Labute approximate surface area is 210 Å². The van der Waals surface area contributed by atoms with Gasteiger partial charge in [-0.05, 0) is 95.3 Å². The topological polar surface area (TPSA) is 64.8 Å². The molecule has 0 N–H and O–H groups in total. The number of ether oxygens (including phenoxy) is 2. The second kappa shape index (κ2) is 8.22. The predicted octanol–water partition coefficient (Wildman–Crippen LogP) is 6.78. The lowest BCUT2D eigenvalue weighted by Crippen LogP contribution is -2.54. The van der Waals surface area contributed by atoms with E-state index in [1.807, 2.05) is 25.7 Å². The van der Waals surface area contributed by atoms with Crippen molar-refractivity contribution < 1.29 is 18.8 Å². The van der Waals surface area contributed by atoms with Crippen molar-refractivity contribution in [2.75, 3.05) is 0 Å². The van der Waals surface area contributed by atoms with Crippen LogP contribution in [0.25, 0.3) is 0 Å². The minimum absolute atomic E-state index is 0.159. The van der Waals surface area contributed by atoms with Crippen LogP contribution in [0.2, 0.25) is 0 Å². The van der Waals surface area contributed by atoms with Crippen molar-refractivity contribution in [3.63, 3.8) is 0 Å². The molecule has 2 saturated heterocycles. The summed E-state index contributed by atoms with van der Waals surface area (Å²) < 4.78 is 18.3. The van der Waals surface area contributed by atoms with Crippen LogP contribution < -0.4 is 0 Å². The lowest BCUT2D eigenvalue weighted by molar-refractivity contribution is -0.112. The average molecular weight is 485 g/mol. The molecule has 6 heteroatoms. The fourth-order valence-corrected chi connectivity index (χ4v) is 8.03. The van der Waals surface area contributed by atoms with Crippen LogP contribution in [-0.4, -0.2) is 39.9 Å². The van der Waals surface area contributed by atoms with Gasteiger partial charge in [0.25, 0.3) is 0 Å². The minimum Gasteiger partial charge on any atom is -0.444 e. The molecule has 35 heavy (non-hydrogen) atoms. The molecule has 1 amide bonds. The van der Waals surface area contributed by atoms with Gasteiger partial charge in [-0.25, -0.2) is 4.79 Å². The zero-order valence-corrected chi connectivity index (χ0v) is 22.5. The summed E-state index contributed by atoms with van der Waals surface area (Å²) >= 11 is 0. The zero-order chi connectivity index (χ0) is 24.7. The standard InChI is InChI=1S/C29H44N2O4/c1-16-22(11-18-12-24(16)29(18,5)6)25-23(26(35-30-25)17-7-8-17)15-33-21-13-19-9-10-20(14-21)31(19)27(32)34-28(2,3)4/h16-22,24H,7-15H2,1-6H3. The Bertz CT molecular complexity index is 960. The highest BCUT2D eigenvalue weighted by molar-refractivity contribution is 5.69. The van der Waals surface area contributed by atoms with Crippen molar-refractivity contribution in [2.45, 2.75) is 135 Å². The summed E-state index contributed by atoms with van der Waals surface area (Å²) in [5, 5.41) is 4.71. The van der Waals surface area contributed by atoms with Crippen LogP contribution in [0.15, 0.2) is 4.52 Å². The van der Waals surface area contributed by atoms with E-state index in [2.05, 4.69) is 20.8 Å². The molecule has 6 nitrogen and oxygen atoms in total. The first-order valence-electron chi connectivity index (χ1n) is 14.1. The van der Waals surface area contributed by atoms with E-state index in [9.17, 15) is 4.79 Å². The normalized spacial score (nSPS) is 37.8. The van der Waals surface area contributed by atoms with Crippen molar-refractivity contribution in [1.29, 1.82) is 0 Å². The first kappa shape index (κ1) is 23.8. The Morgan fingerprint density at radius 3 is 2.34 bits per heavy atom. The van der Waals surface area contributed by atoms with E-state index in [4.69, 9.17) is 19.2 Å². The zero-order valence-electron chi connectivity index (χ0n) is 22.5. The second-order valence-electron chi connectivity index (χ2n) is 13.9. The Morgan fingerprint density at radius 1 is 1.09 bits per heavy atom. The third-order valence-corrected chi connectivity index (χ3v) is 10.3. The van der Waals surface area contributed by atoms with E-state index in [1.165, 1.54) is 36.9 Å². The number of rotatable bonds is 5. The van der Waals surface area contributed by atoms with Crippen molar-refractivity contribution in [3.05, 3.63) is 17.0 Å². The molecule has 4 aliphatic carbocycles. The Hall–Kier alpha value is -1.56. The summed E-state index contributed by atoms with van der Waals surface area (Å²) in [6.07, 6.45) is 8.93. The highest BCUT2D eigenvalue weighted by Gasteiger charge is 2.57. The fraction of sp³-hybridized carbons (Fsp3) is 0.862. The quantitative estimate of drug-likeness (QED) is 0.461. The SMILES string of the molecule is CC1C(c2noc(C3CC3)c2COC2CC3CCC(C2)N3C(=O)OC(C)(C)C)CC2CC1C2(C)C. The molecule has 3 heterocycles. The van der Waals surface area contributed by atoms with Crippen molar-refractivity contribution in [1.82, 2.24) is 10.1 Å². The summed E-state index contributed by atoms with van der Waals surface area (Å²) in [7, 11) is 0. The molecule has 2 aliphatic heterocycles. The predicted molar refractivity (Wildman–Crippen MR) is 133 cm³/mol. The van der Waals surface area contributed by atoms with Crippen LogP contribution in [0.4, 0.5) is 4.79 Å². The molecule has 6 aliphatic rings. The first-order chi connectivity index (χ1) is 16.5. The summed E-state index contributed by atoms with van der Waals surface area (Å²) in [6, 6.07) is 0.456. The van der Waals surface area contributed by atoms with E-state index < -0.39 is 5.60 Å². The molecular formula is C29H44N2O4. The number of aromatic nitrogens is 1. The van der Waals surface area contributed by atoms with Gasteiger partial charge in [0.1, 0.15) is 11.4 Å². The molecule has 0 radical (unpaired) electrons. The largest absolute Gasteiger partial charge is 0.444 e. The maximum Gasteiger partial charge on any atom is 0.410 e. The number of hydrogen-bond donors (Lipinski definition) is 0. The molecule has 4 saturated carbocycles. The highest BCUT2D eigenvalue weighted by Crippen LogP contribution is 2.65. The average Bonchev–Trinajstić information content (AvgIpc) is 3.47. The van der Waals surface area contributed by atoms with Crippen molar-refractivity contribution in [2.24, 2.45) is 23.2 Å². The molecule has 1 aromatic heterocycles. The maximum absolute atomic E-state index is 12.8. The van der Waals surface area contributed by atoms with Crippen LogP contribution in [-0.2, 0) is 16.1 Å². The van der Waals surface area contributed by atoms with Crippen LogP contribution >= 0.6 is 0 Å². The first-order valence-corrected chi connectivity index (χ1v) is 14.1. The maximum atomic E-state index is 12.8. The van der Waals surface area contributed by atoms with Crippen molar-refractivity contribution in [3.8, 4) is 0 Å². The smallest absolute Gasteiger partial charge is 0.410 e. The van der Waals surface area contributed by atoms with Gasteiger partial charge in [0.05, 0.1) is 18.4 Å². The van der Waals surface area contributed by atoms with E-state index in [0.717, 1.165) is 43.3 Å². The Kier molecular flexibility index (Phi) is 5.60. The van der Waals surface area contributed by atoms with Gasteiger partial charge in [-0.3, -0.25) is 0 Å². The van der Waals surface area contributed by atoms with Gasteiger partial charge in [-0.1, -0.05) is 25.9 Å². The van der Waals surface area contributed by atoms with Gasteiger partial charge >= 0.3 is 6.09 Å². The molecule has 0 spiro atoms. The molecular weight excluding hydrogens is 440 g/mol. The second-order valence-corrected chi connectivity index (χ2v) is 13.9. The third kappa shape index (κ3) is 4.12. The number of hydrogen-bond acceptors (Lipinski definition) is 5. The number of piperidine rings is 1. The molecule has 0 aromatic carbocycles. The van der Waals surface area contributed by atoms with Gasteiger partial charge in [-0.15, -0.1) is 0 Å². The third-order valence-electron chi connectivity index (χ3n) is 10.3. The summed E-state index contributed by atoms with van der Waals surface area (Å²) in [5.74, 6) is 4.35. The van der Waals surface area contributed by atoms with Crippen LogP contribution in [0.1, 0.15) is 122 Å². The molecule has 6 fully saturated rings. The van der Waals surface area contributed by atoms with Gasteiger partial charge < -0.3 is 18.9 Å².